The highest BCUT2D eigenvalue weighted by molar-refractivity contribution is 5.64. The monoisotopic (exact) mass is 267 g/mol. The zero-order chi connectivity index (χ0) is 13.7. The second-order valence-corrected chi connectivity index (χ2v) is 4.60. The fourth-order valence-electron chi connectivity index (χ4n) is 2.51. The number of hydrogen-bond acceptors (Lipinski definition) is 7. The van der Waals surface area contributed by atoms with Gasteiger partial charge in [0.25, 0.3) is 0 Å². The first-order chi connectivity index (χ1) is 9.31. The maximum atomic E-state index is 9.57. The highest BCUT2D eigenvalue weighted by Crippen LogP contribution is 2.34. The van der Waals surface area contributed by atoms with Gasteiger partial charge >= 0.3 is 0 Å². The number of nitrogens with one attached hydrogen (secondary N) is 1. The number of methoxy groups -OCH3 is 1. The number of aromatic nitrogens is 2. The Balaban J connectivity index is 2.37. The van der Waals surface area contributed by atoms with Gasteiger partial charge in [-0.3, -0.25) is 0 Å². The van der Waals surface area contributed by atoms with Gasteiger partial charge in [-0.25, -0.2) is 15.8 Å². The molecule has 1 aliphatic rings. The highest BCUT2D eigenvalue weighted by Gasteiger charge is 2.25. The van der Waals surface area contributed by atoms with Crippen molar-refractivity contribution in [1.29, 1.82) is 0 Å². The van der Waals surface area contributed by atoms with Gasteiger partial charge in [-0.2, -0.15) is 0 Å². The van der Waals surface area contributed by atoms with Crippen LogP contribution in [-0.4, -0.2) is 41.4 Å². The van der Waals surface area contributed by atoms with Gasteiger partial charge in [-0.15, -0.1) is 0 Å². The van der Waals surface area contributed by atoms with Gasteiger partial charge in [0.1, 0.15) is 6.33 Å². The fourth-order valence-corrected chi connectivity index (χ4v) is 2.51. The topological polar surface area (TPSA) is 96.5 Å². The molecule has 1 aliphatic heterocycles. The number of hydrazine groups is 1. The molecule has 19 heavy (non-hydrogen) atoms. The van der Waals surface area contributed by atoms with Gasteiger partial charge in [-0.05, 0) is 12.8 Å². The molecule has 0 aliphatic carbocycles. The minimum absolute atomic E-state index is 0.0666. The summed E-state index contributed by atoms with van der Waals surface area (Å²) in [6, 6.07) is 0.0666. The number of rotatable bonds is 4. The number of nitrogens with zero attached hydrogens (tertiary/aromatic N) is 3. The van der Waals surface area contributed by atoms with Crippen molar-refractivity contribution in [3.8, 4) is 5.75 Å². The molecule has 7 heteroatoms. The summed E-state index contributed by atoms with van der Waals surface area (Å²) in [5, 5.41) is 9.57. The van der Waals surface area contributed by atoms with Gasteiger partial charge in [0.15, 0.2) is 11.6 Å². The van der Waals surface area contributed by atoms with Crippen molar-refractivity contribution >= 4 is 11.6 Å². The van der Waals surface area contributed by atoms with Crippen LogP contribution in [0.1, 0.15) is 25.7 Å². The summed E-state index contributed by atoms with van der Waals surface area (Å²) in [5.41, 5.74) is 2.51. The van der Waals surface area contributed by atoms with E-state index in [0.717, 1.165) is 25.8 Å². The largest absolute Gasteiger partial charge is 0.490 e. The summed E-state index contributed by atoms with van der Waals surface area (Å²) in [6.45, 7) is 0.959. The Bertz CT molecular complexity index is 415. The predicted octanol–water partition coefficient (Wildman–Crippen LogP) is 0.512. The molecule has 1 unspecified atom stereocenters. The average Bonchev–Trinajstić information content (AvgIpc) is 2.71. The molecule has 1 saturated heterocycles. The van der Waals surface area contributed by atoms with E-state index in [4.69, 9.17) is 10.6 Å². The molecule has 106 valence electrons. The smallest absolute Gasteiger partial charge is 0.205 e. The molecule has 0 amide bonds. The first-order valence-electron chi connectivity index (χ1n) is 6.55. The van der Waals surface area contributed by atoms with Crippen LogP contribution in [0.15, 0.2) is 6.33 Å². The number of aliphatic hydroxyl groups is 1. The fraction of sp³-hybridized carbons (Fsp3) is 0.667. The van der Waals surface area contributed by atoms with Crippen LogP contribution in [0, 0.1) is 0 Å². The molecular formula is C12H21N5O2. The Labute approximate surface area is 112 Å². The summed E-state index contributed by atoms with van der Waals surface area (Å²) in [6.07, 6.45) is 5.77. The molecule has 4 N–H and O–H groups in total. The Morgan fingerprint density at radius 1 is 1.47 bits per heavy atom. The number of anilines is 2. The van der Waals surface area contributed by atoms with E-state index >= 15 is 0 Å². The lowest BCUT2D eigenvalue weighted by Gasteiger charge is -2.30. The number of nitrogen functional groups attached to an aromatic ring is 1. The summed E-state index contributed by atoms with van der Waals surface area (Å²) in [5.74, 6) is 7.09. The van der Waals surface area contributed by atoms with E-state index in [1.54, 1.807) is 7.11 Å². The minimum atomic E-state index is 0.0666. The van der Waals surface area contributed by atoms with Crippen LogP contribution in [0.4, 0.5) is 11.6 Å². The molecule has 1 aromatic heterocycles. The molecule has 2 rings (SSSR count). The van der Waals surface area contributed by atoms with E-state index in [2.05, 4.69) is 20.3 Å². The first-order valence-corrected chi connectivity index (χ1v) is 6.55. The summed E-state index contributed by atoms with van der Waals surface area (Å²) in [4.78, 5) is 10.4. The zero-order valence-corrected chi connectivity index (χ0v) is 11.2. The van der Waals surface area contributed by atoms with E-state index in [1.807, 2.05) is 0 Å². The molecule has 1 atom stereocenters. The van der Waals surface area contributed by atoms with Crippen LogP contribution >= 0.6 is 0 Å². The number of ether oxygens (including phenoxy) is 1. The third-order valence-electron chi connectivity index (χ3n) is 3.49. The third-order valence-corrected chi connectivity index (χ3v) is 3.49. The van der Waals surface area contributed by atoms with Crippen LogP contribution in [-0.2, 0) is 0 Å². The lowest BCUT2D eigenvalue weighted by atomic mass is 10.1. The van der Waals surface area contributed by atoms with Crippen molar-refractivity contribution in [1.82, 2.24) is 9.97 Å². The zero-order valence-electron chi connectivity index (χ0n) is 11.2. The quantitative estimate of drug-likeness (QED) is 0.540. The van der Waals surface area contributed by atoms with Gasteiger partial charge in [0.05, 0.1) is 19.8 Å². The number of hydrogen-bond donors (Lipinski definition) is 3. The molecule has 7 nitrogen and oxygen atoms in total. The van der Waals surface area contributed by atoms with Crippen LogP contribution < -0.4 is 20.9 Å². The molecule has 0 spiro atoms. The van der Waals surface area contributed by atoms with E-state index in [9.17, 15) is 5.11 Å². The molecule has 0 bridgehead atoms. The summed E-state index contributed by atoms with van der Waals surface area (Å²) >= 11 is 0. The second kappa shape index (κ2) is 6.53. The highest BCUT2D eigenvalue weighted by atomic mass is 16.5. The average molecular weight is 267 g/mol. The lowest BCUT2D eigenvalue weighted by Crippen LogP contribution is -2.38. The third kappa shape index (κ3) is 2.87. The van der Waals surface area contributed by atoms with Gasteiger partial charge in [0, 0.05) is 6.54 Å². The van der Waals surface area contributed by atoms with E-state index < -0.39 is 0 Å². The molecule has 0 radical (unpaired) electrons. The van der Waals surface area contributed by atoms with Gasteiger partial charge in [-0.1, -0.05) is 12.8 Å². The molecule has 1 fully saturated rings. The van der Waals surface area contributed by atoms with Crippen LogP contribution in [0.3, 0.4) is 0 Å². The van der Waals surface area contributed by atoms with E-state index in [-0.39, 0.29) is 12.6 Å². The SMILES string of the molecule is COc1c(NN)ncnc1N1CCCCCC1CO. The van der Waals surface area contributed by atoms with Crippen LogP contribution in [0.5, 0.6) is 5.75 Å². The Morgan fingerprint density at radius 3 is 3.00 bits per heavy atom. The van der Waals surface area contributed by atoms with Gasteiger partial charge in [0.2, 0.25) is 5.75 Å². The summed E-state index contributed by atoms with van der Waals surface area (Å²) in [7, 11) is 1.56. The van der Waals surface area contributed by atoms with Crippen molar-refractivity contribution in [3.63, 3.8) is 0 Å². The van der Waals surface area contributed by atoms with Crippen molar-refractivity contribution in [3.05, 3.63) is 6.33 Å². The van der Waals surface area contributed by atoms with E-state index in [0.29, 0.717) is 17.4 Å². The predicted molar refractivity (Wildman–Crippen MR) is 73.1 cm³/mol. The Kier molecular flexibility index (Phi) is 4.75. The lowest BCUT2D eigenvalue weighted by molar-refractivity contribution is 0.254. The van der Waals surface area contributed by atoms with Crippen LogP contribution in [0.25, 0.3) is 0 Å². The van der Waals surface area contributed by atoms with Gasteiger partial charge < -0.3 is 20.2 Å². The Morgan fingerprint density at radius 2 is 2.32 bits per heavy atom. The normalized spacial score (nSPS) is 19.9. The maximum absolute atomic E-state index is 9.57. The minimum Gasteiger partial charge on any atom is -0.490 e. The molecule has 0 aromatic carbocycles. The number of aliphatic hydroxyl groups excluding tert-OH is 1. The Hall–Kier alpha value is -1.60. The second-order valence-electron chi connectivity index (χ2n) is 4.60. The van der Waals surface area contributed by atoms with Crippen molar-refractivity contribution < 1.29 is 9.84 Å². The van der Waals surface area contributed by atoms with Crippen molar-refractivity contribution in [2.24, 2.45) is 5.84 Å². The molecule has 1 aromatic rings. The number of nitrogens with two attached hydrogens (primary N) is 1. The standard InChI is InChI=1S/C12H21N5O2/c1-19-10-11(16-13)14-8-15-12(10)17-6-4-2-3-5-9(17)7-18/h8-9,18H,2-7,13H2,1H3,(H,14,15,16). The van der Waals surface area contributed by atoms with E-state index in [1.165, 1.54) is 12.7 Å². The maximum Gasteiger partial charge on any atom is 0.205 e. The summed E-state index contributed by atoms with van der Waals surface area (Å²) < 4.78 is 5.36. The van der Waals surface area contributed by atoms with Crippen molar-refractivity contribution in [2.75, 3.05) is 30.6 Å². The van der Waals surface area contributed by atoms with Crippen molar-refractivity contribution in [2.45, 2.75) is 31.7 Å². The molecule has 0 saturated carbocycles. The van der Waals surface area contributed by atoms with Crippen LogP contribution in [0.2, 0.25) is 0 Å². The first kappa shape index (κ1) is 13.8. The molecule has 2 heterocycles. The molecular weight excluding hydrogens is 246 g/mol.